The first kappa shape index (κ1) is 8.24. The van der Waals surface area contributed by atoms with Crippen molar-refractivity contribution in [3.8, 4) is 0 Å². The van der Waals surface area contributed by atoms with Crippen molar-refractivity contribution in [2.75, 3.05) is 0 Å². The average molecular weight is 195 g/mol. The number of carbonyl (C=O) groups excluding carboxylic acids is 1. The lowest BCUT2D eigenvalue weighted by atomic mass is 10.1. The zero-order chi connectivity index (χ0) is 10.3. The van der Waals surface area contributed by atoms with Crippen LogP contribution >= 0.6 is 0 Å². The van der Waals surface area contributed by atoms with Crippen molar-refractivity contribution >= 4 is 28.2 Å². The molecule has 0 fully saturated rings. The average Bonchev–Trinajstić information content (AvgIpc) is 2.66. The molecule has 0 amide bonds. The van der Waals surface area contributed by atoms with Crippen molar-refractivity contribution in [3.05, 3.63) is 48.0 Å². The van der Waals surface area contributed by atoms with Gasteiger partial charge in [0.25, 0.3) is 0 Å². The number of hydrogen-bond donors (Lipinski definition) is 0. The summed E-state index contributed by atoms with van der Waals surface area (Å²) in [7, 11) is 0. The Hall–Kier alpha value is -2.09. The predicted molar refractivity (Wildman–Crippen MR) is 58.5 cm³/mol. The monoisotopic (exact) mass is 195 g/mol. The van der Waals surface area contributed by atoms with Crippen molar-refractivity contribution in [2.45, 2.75) is 0 Å². The van der Waals surface area contributed by atoms with Gasteiger partial charge in [-0.25, -0.2) is 0 Å². The van der Waals surface area contributed by atoms with E-state index in [2.05, 4.69) is 0 Å². The van der Waals surface area contributed by atoms with Crippen LogP contribution in [0.15, 0.2) is 46.9 Å². The molecule has 2 heteroatoms. The molecule has 0 N–H and O–H groups in total. The lowest BCUT2D eigenvalue weighted by molar-refractivity contribution is 0.562. The second-order valence-electron chi connectivity index (χ2n) is 3.41. The van der Waals surface area contributed by atoms with Gasteiger partial charge in [0.15, 0.2) is 0 Å². The molecule has 2 nitrogen and oxygen atoms in total. The third-order valence-corrected chi connectivity index (χ3v) is 2.50. The zero-order valence-corrected chi connectivity index (χ0v) is 7.86. The first-order chi connectivity index (χ1) is 7.38. The minimum Gasteiger partial charge on any atom is -0.456 e. The molecule has 3 rings (SSSR count). The highest BCUT2D eigenvalue weighted by Crippen LogP contribution is 2.28. The van der Waals surface area contributed by atoms with E-state index >= 15 is 0 Å². The van der Waals surface area contributed by atoms with Gasteiger partial charge in [0.2, 0.25) is 6.29 Å². The standard InChI is InChI=1S/C13H7O2/c14-8-9-5-6-11-10-3-1-2-4-12(10)15-13(11)7-9/h1-7H. The smallest absolute Gasteiger partial charge is 0.233 e. The maximum absolute atomic E-state index is 10.5. The molecule has 0 aliphatic heterocycles. The Kier molecular flexibility index (Phi) is 1.62. The summed E-state index contributed by atoms with van der Waals surface area (Å²) in [6.45, 7) is 0. The molecule has 0 unspecified atom stereocenters. The van der Waals surface area contributed by atoms with Crippen LogP contribution in [0.4, 0.5) is 0 Å². The van der Waals surface area contributed by atoms with Gasteiger partial charge in [-0.3, -0.25) is 4.79 Å². The molecular weight excluding hydrogens is 188 g/mol. The first-order valence-electron chi connectivity index (χ1n) is 4.68. The lowest BCUT2D eigenvalue weighted by Gasteiger charge is -1.89. The molecule has 0 saturated heterocycles. The Morgan fingerprint density at radius 1 is 0.933 bits per heavy atom. The molecular formula is C13H7O2. The van der Waals surface area contributed by atoms with Crippen molar-refractivity contribution in [1.29, 1.82) is 0 Å². The van der Waals surface area contributed by atoms with E-state index in [1.807, 2.05) is 36.6 Å². The molecule has 71 valence electrons. The Morgan fingerprint density at radius 2 is 1.73 bits per heavy atom. The van der Waals surface area contributed by atoms with Gasteiger partial charge in [0, 0.05) is 16.3 Å². The molecule has 0 atom stereocenters. The van der Waals surface area contributed by atoms with Gasteiger partial charge in [-0.05, 0) is 18.2 Å². The molecule has 0 saturated carbocycles. The first-order valence-corrected chi connectivity index (χ1v) is 4.68. The van der Waals surface area contributed by atoms with Crippen LogP contribution in [0, 0.1) is 0 Å². The van der Waals surface area contributed by atoms with E-state index in [0.29, 0.717) is 5.56 Å². The molecule has 1 aromatic heterocycles. The highest BCUT2D eigenvalue weighted by Gasteiger charge is 2.06. The molecule has 3 aromatic rings. The van der Waals surface area contributed by atoms with Crippen LogP contribution in [0.3, 0.4) is 0 Å². The van der Waals surface area contributed by atoms with Gasteiger partial charge in [-0.15, -0.1) is 0 Å². The SMILES string of the molecule is O=[C]c1ccc2c(c1)oc1ccccc12. The normalized spacial score (nSPS) is 10.9. The minimum absolute atomic E-state index is 0.515. The van der Waals surface area contributed by atoms with Gasteiger partial charge in [0.1, 0.15) is 11.2 Å². The van der Waals surface area contributed by atoms with Crippen LogP contribution in [0.2, 0.25) is 0 Å². The summed E-state index contributed by atoms with van der Waals surface area (Å²) in [5.74, 6) is 0. The lowest BCUT2D eigenvalue weighted by Crippen LogP contribution is -1.77. The topological polar surface area (TPSA) is 30.2 Å². The molecule has 15 heavy (non-hydrogen) atoms. The molecule has 1 heterocycles. The second kappa shape index (κ2) is 2.95. The summed E-state index contributed by atoms with van der Waals surface area (Å²) < 4.78 is 5.62. The maximum Gasteiger partial charge on any atom is 0.233 e. The van der Waals surface area contributed by atoms with E-state index in [1.54, 1.807) is 12.1 Å². The molecule has 1 radical (unpaired) electrons. The van der Waals surface area contributed by atoms with Crippen LogP contribution in [-0.4, -0.2) is 6.29 Å². The summed E-state index contributed by atoms with van der Waals surface area (Å²) in [4.78, 5) is 10.5. The minimum atomic E-state index is 0.515. The highest BCUT2D eigenvalue weighted by molar-refractivity contribution is 6.05. The summed E-state index contributed by atoms with van der Waals surface area (Å²) in [5.41, 5.74) is 2.09. The van der Waals surface area contributed by atoms with E-state index in [9.17, 15) is 4.79 Å². The Bertz CT molecular complexity index is 650. The Balaban J connectivity index is 2.48. The fourth-order valence-electron chi connectivity index (χ4n) is 1.79. The summed E-state index contributed by atoms with van der Waals surface area (Å²) in [5, 5.41) is 2.11. The highest BCUT2D eigenvalue weighted by atomic mass is 16.3. The van der Waals surface area contributed by atoms with E-state index in [4.69, 9.17) is 4.42 Å². The van der Waals surface area contributed by atoms with Crippen LogP contribution in [0.25, 0.3) is 21.9 Å². The zero-order valence-electron chi connectivity index (χ0n) is 7.86. The summed E-state index contributed by atoms with van der Waals surface area (Å²) in [6, 6.07) is 13.2. The molecule has 0 aliphatic carbocycles. The van der Waals surface area contributed by atoms with Gasteiger partial charge in [-0.2, -0.15) is 0 Å². The van der Waals surface area contributed by atoms with Crippen molar-refractivity contribution in [3.63, 3.8) is 0 Å². The number of benzene rings is 2. The number of furan rings is 1. The van der Waals surface area contributed by atoms with Crippen LogP contribution in [0.1, 0.15) is 5.56 Å². The Labute approximate surface area is 86.1 Å². The molecule has 0 bridgehead atoms. The number of hydrogen-bond acceptors (Lipinski definition) is 2. The van der Waals surface area contributed by atoms with Gasteiger partial charge in [0.05, 0.1) is 0 Å². The van der Waals surface area contributed by atoms with E-state index in [0.717, 1.165) is 21.9 Å². The van der Waals surface area contributed by atoms with Gasteiger partial charge >= 0.3 is 0 Å². The van der Waals surface area contributed by atoms with Crippen LogP contribution in [0.5, 0.6) is 0 Å². The van der Waals surface area contributed by atoms with E-state index < -0.39 is 0 Å². The maximum atomic E-state index is 10.5. The van der Waals surface area contributed by atoms with Crippen molar-refractivity contribution in [2.24, 2.45) is 0 Å². The molecule has 0 aliphatic rings. The van der Waals surface area contributed by atoms with E-state index in [-0.39, 0.29) is 0 Å². The van der Waals surface area contributed by atoms with Gasteiger partial charge in [-0.1, -0.05) is 24.3 Å². The summed E-state index contributed by atoms with van der Waals surface area (Å²) >= 11 is 0. The predicted octanol–water partition coefficient (Wildman–Crippen LogP) is 3.04. The second-order valence-corrected chi connectivity index (χ2v) is 3.41. The van der Waals surface area contributed by atoms with Crippen molar-refractivity contribution < 1.29 is 9.21 Å². The third kappa shape index (κ3) is 1.15. The molecule has 0 spiro atoms. The number of fused-ring (bicyclic) bond motifs is 3. The van der Waals surface area contributed by atoms with Gasteiger partial charge < -0.3 is 4.42 Å². The number of para-hydroxylation sites is 1. The van der Waals surface area contributed by atoms with E-state index in [1.165, 1.54) is 0 Å². The van der Waals surface area contributed by atoms with Crippen LogP contribution in [-0.2, 0) is 4.79 Å². The largest absolute Gasteiger partial charge is 0.456 e. The Morgan fingerprint density at radius 3 is 2.60 bits per heavy atom. The fraction of sp³-hybridized carbons (Fsp3) is 0. The fourth-order valence-corrected chi connectivity index (χ4v) is 1.79. The quantitative estimate of drug-likeness (QED) is 0.597. The summed E-state index contributed by atoms with van der Waals surface area (Å²) in [6.07, 6.45) is 1.85. The van der Waals surface area contributed by atoms with Crippen LogP contribution < -0.4 is 0 Å². The molecule has 2 aromatic carbocycles. The van der Waals surface area contributed by atoms with Crippen molar-refractivity contribution in [1.82, 2.24) is 0 Å². The number of rotatable bonds is 1. The third-order valence-electron chi connectivity index (χ3n) is 2.50.